The van der Waals surface area contributed by atoms with Crippen LogP contribution in [-0.4, -0.2) is 36.4 Å². The zero-order valence-corrected chi connectivity index (χ0v) is 11.7. The van der Waals surface area contributed by atoms with Crippen LogP contribution in [0.15, 0.2) is 29.3 Å². The number of hydrogen-bond acceptors (Lipinski definition) is 3. The highest BCUT2D eigenvalue weighted by Crippen LogP contribution is 2.21. The van der Waals surface area contributed by atoms with Gasteiger partial charge in [0.05, 0.1) is 6.04 Å². The summed E-state index contributed by atoms with van der Waals surface area (Å²) < 4.78 is 0. The van der Waals surface area contributed by atoms with Gasteiger partial charge in [-0.1, -0.05) is 12.1 Å². The molecule has 1 aromatic rings. The number of primary amides is 1. The van der Waals surface area contributed by atoms with Gasteiger partial charge in [-0.3, -0.25) is 14.7 Å². The topological polar surface area (TPSA) is 96.7 Å². The highest BCUT2D eigenvalue weighted by molar-refractivity contribution is 5.92. The highest BCUT2D eigenvalue weighted by atomic mass is 16.1. The molecule has 1 atom stereocenters. The molecule has 5 N–H and O–H groups in total. The van der Waals surface area contributed by atoms with E-state index in [0.717, 1.165) is 30.6 Å². The number of benzene rings is 1. The number of likely N-dealkylation sites (tertiary alicyclic amines) is 1. The molecule has 0 unspecified atom stereocenters. The normalized spacial score (nSPS) is 20.1. The fraction of sp³-hybridized carbons (Fsp3) is 0.429. The third-order valence-corrected chi connectivity index (χ3v) is 3.52. The summed E-state index contributed by atoms with van der Waals surface area (Å²) in [6.45, 7) is 1.62. The van der Waals surface area contributed by atoms with Gasteiger partial charge in [-0.15, -0.1) is 0 Å². The van der Waals surface area contributed by atoms with Crippen LogP contribution in [-0.2, 0) is 11.3 Å². The third-order valence-electron chi connectivity index (χ3n) is 3.52. The van der Waals surface area contributed by atoms with Crippen LogP contribution < -0.4 is 16.8 Å². The van der Waals surface area contributed by atoms with Crippen LogP contribution in [0.3, 0.4) is 0 Å². The van der Waals surface area contributed by atoms with E-state index in [2.05, 4.69) is 15.2 Å². The molecule has 0 saturated carbocycles. The summed E-state index contributed by atoms with van der Waals surface area (Å²) in [6, 6.07) is 7.77. The average molecular weight is 275 g/mol. The molecule has 1 amide bonds. The minimum Gasteiger partial charge on any atom is -0.370 e. The van der Waals surface area contributed by atoms with E-state index < -0.39 is 0 Å². The van der Waals surface area contributed by atoms with Crippen molar-refractivity contribution >= 4 is 17.6 Å². The minimum atomic E-state index is -0.237. The van der Waals surface area contributed by atoms with E-state index in [1.165, 1.54) is 0 Å². The van der Waals surface area contributed by atoms with Crippen molar-refractivity contribution in [2.24, 2.45) is 16.5 Å². The predicted molar refractivity (Wildman–Crippen MR) is 80.2 cm³/mol. The number of carbonyl (C=O) groups is 1. The zero-order chi connectivity index (χ0) is 14.5. The Hall–Kier alpha value is -2.08. The van der Waals surface area contributed by atoms with Crippen LogP contribution in [0.2, 0.25) is 0 Å². The lowest BCUT2D eigenvalue weighted by molar-refractivity contribution is -0.122. The van der Waals surface area contributed by atoms with E-state index in [9.17, 15) is 4.79 Å². The molecule has 2 rings (SSSR count). The summed E-state index contributed by atoms with van der Waals surface area (Å²) >= 11 is 0. The number of amides is 1. The lowest BCUT2D eigenvalue weighted by Crippen LogP contribution is -2.39. The molecule has 0 bridgehead atoms. The number of carbonyl (C=O) groups excluding carboxylic acids is 1. The van der Waals surface area contributed by atoms with Crippen LogP contribution >= 0.6 is 0 Å². The van der Waals surface area contributed by atoms with Crippen molar-refractivity contribution in [2.45, 2.75) is 25.4 Å². The summed E-state index contributed by atoms with van der Waals surface area (Å²) in [5.41, 5.74) is 13.1. The molecule has 1 aliphatic heterocycles. The van der Waals surface area contributed by atoms with Gasteiger partial charge in [-0.05, 0) is 37.1 Å². The van der Waals surface area contributed by atoms with Gasteiger partial charge in [-0.2, -0.15) is 0 Å². The van der Waals surface area contributed by atoms with Gasteiger partial charge in [0.25, 0.3) is 0 Å². The molecule has 0 aromatic heterocycles. The lowest BCUT2D eigenvalue weighted by atomic mass is 10.1. The van der Waals surface area contributed by atoms with Crippen molar-refractivity contribution in [1.82, 2.24) is 4.90 Å². The number of nitrogens with one attached hydrogen (secondary N) is 1. The lowest BCUT2D eigenvalue weighted by Gasteiger charge is -2.22. The molecule has 1 fully saturated rings. The van der Waals surface area contributed by atoms with E-state index in [-0.39, 0.29) is 11.9 Å². The average Bonchev–Trinajstić information content (AvgIpc) is 2.87. The van der Waals surface area contributed by atoms with Crippen molar-refractivity contribution in [3.63, 3.8) is 0 Å². The first-order valence-corrected chi connectivity index (χ1v) is 6.71. The van der Waals surface area contributed by atoms with Crippen LogP contribution in [0.1, 0.15) is 18.4 Å². The largest absolute Gasteiger partial charge is 0.370 e. The van der Waals surface area contributed by atoms with Crippen molar-refractivity contribution in [2.75, 3.05) is 18.9 Å². The summed E-state index contributed by atoms with van der Waals surface area (Å²) in [4.78, 5) is 17.4. The molecule has 6 nitrogen and oxygen atoms in total. The smallest absolute Gasteiger partial charge is 0.234 e. The van der Waals surface area contributed by atoms with Gasteiger partial charge < -0.3 is 16.8 Å². The molecule has 108 valence electrons. The summed E-state index contributed by atoms with van der Waals surface area (Å²) in [6.07, 6.45) is 1.86. The maximum atomic E-state index is 11.4. The molecule has 0 spiro atoms. The van der Waals surface area contributed by atoms with Gasteiger partial charge in [0.2, 0.25) is 5.91 Å². The predicted octanol–water partition coefficient (Wildman–Crippen LogP) is 0.493. The first-order valence-electron chi connectivity index (χ1n) is 6.71. The van der Waals surface area contributed by atoms with E-state index in [0.29, 0.717) is 12.5 Å². The Morgan fingerprint density at radius 1 is 1.50 bits per heavy atom. The fourth-order valence-electron chi connectivity index (χ4n) is 2.52. The Labute approximate surface area is 118 Å². The minimum absolute atomic E-state index is 0.145. The number of guanidine groups is 1. The van der Waals surface area contributed by atoms with E-state index in [1.54, 1.807) is 7.05 Å². The zero-order valence-electron chi connectivity index (χ0n) is 11.7. The standard InChI is InChI=1S/C14H21N5O/c1-17-14(16)18-11-5-2-4-10(8-11)9-19-7-3-6-12(19)13(15)20/h2,4-5,8,12H,3,6-7,9H2,1H3,(H2,15,20)(H3,16,17,18)/t12-/m0/s1. The number of nitrogens with zero attached hydrogens (tertiary/aromatic N) is 2. The Morgan fingerprint density at radius 2 is 2.30 bits per heavy atom. The summed E-state index contributed by atoms with van der Waals surface area (Å²) in [5, 5.41) is 3.01. The molecule has 0 aliphatic carbocycles. The Kier molecular flexibility index (Phi) is 4.57. The Balaban J connectivity index is 2.06. The molecule has 6 heteroatoms. The molecule has 1 aliphatic rings. The van der Waals surface area contributed by atoms with Gasteiger partial charge >= 0.3 is 0 Å². The van der Waals surface area contributed by atoms with Crippen LogP contribution in [0, 0.1) is 0 Å². The quantitative estimate of drug-likeness (QED) is 0.550. The maximum absolute atomic E-state index is 11.4. The SMILES string of the molecule is CN=C(N)Nc1cccc(CN2CCC[C@H]2C(N)=O)c1. The van der Waals surface area contributed by atoms with Crippen molar-refractivity contribution in [3.05, 3.63) is 29.8 Å². The molecular formula is C14H21N5O. The summed E-state index contributed by atoms with van der Waals surface area (Å²) in [5.74, 6) is 0.137. The Morgan fingerprint density at radius 3 is 3.00 bits per heavy atom. The van der Waals surface area contributed by atoms with Gasteiger partial charge in [-0.25, -0.2) is 0 Å². The second kappa shape index (κ2) is 6.38. The molecule has 1 saturated heterocycles. The van der Waals surface area contributed by atoms with Gasteiger partial charge in [0, 0.05) is 19.3 Å². The molecule has 20 heavy (non-hydrogen) atoms. The maximum Gasteiger partial charge on any atom is 0.234 e. The molecule has 1 heterocycles. The number of anilines is 1. The van der Waals surface area contributed by atoms with Crippen LogP contribution in [0.25, 0.3) is 0 Å². The van der Waals surface area contributed by atoms with Crippen LogP contribution in [0.5, 0.6) is 0 Å². The van der Waals surface area contributed by atoms with E-state index >= 15 is 0 Å². The number of nitrogens with two attached hydrogens (primary N) is 2. The van der Waals surface area contributed by atoms with Crippen LogP contribution in [0.4, 0.5) is 5.69 Å². The van der Waals surface area contributed by atoms with Gasteiger partial charge in [0.15, 0.2) is 5.96 Å². The Bertz CT molecular complexity index is 514. The number of aliphatic imine (C=N–C) groups is 1. The van der Waals surface area contributed by atoms with E-state index in [1.807, 2.05) is 24.3 Å². The molecule has 0 radical (unpaired) electrons. The second-order valence-corrected chi connectivity index (χ2v) is 4.97. The fourth-order valence-corrected chi connectivity index (χ4v) is 2.52. The monoisotopic (exact) mass is 275 g/mol. The first-order chi connectivity index (χ1) is 9.60. The second-order valence-electron chi connectivity index (χ2n) is 4.97. The van der Waals surface area contributed by atoms with Crippen molar-refractivity contribution < 1.29 is 4.79 Å². The van der Waals surface area contributed by atoms with Gasteiger partial charge in [0.1, 0.15) is 0 Å². The van der Waals surface area contributed by atoms with Crippen molar-refractivity contribution in [3.8, 4) is 0 Å². The molecule has 1 aromatic carbocycles. The van der Waals surface area contributed by atoms with Crippen molar-refractivity contribution in [1.29, 1.82) is 0 Å². The first kappa shape index (κ1) is 14.3. The highest BCUT2D eigenvalue weighted by Gasteiger charge is 2.28. The molecular weight excluding hydrogens is 254 g/mol. The van der Waals surface area contributed by atoms with E-state index in [4.69, 9.17) is 11.5 Å². The number of hydrogen-bond donors (Lipinski definition) is 3. The third kappa shape index (κ3) is 3.48. The number of rotatable bonds is 4. The summed E-state index contributed by atoms with van der Waals surface area (Å²) in [7, 11) is 1.63.